The van der Waals surface area contributed by atoms with E-state index in [1.807, 2.05) is 19.9 Å². The second-order valence-corrected chi connectivity index (χ2v) is 6.42. The summed E-state index contributed by atoms with van der Waals surface area (Å²) in [4.78, 5) is 14.2. The van der Waals surface area contributed by atoms with E-state index in [1.165, 1.54) is 0 Å². The number of hydrogen-bond acceptors (Lipinski definition) is 5. The molecule has 0 saturated carbocycles. The Hall–Kier alpha value is -1.38. The van der Waals surface area contributed by atoms with Crippen molar-refractivity contribution in [3.05, 3.63) is 11.6 Å². The van der Waals surface area contributed by atoms with Crippen LogP contribution in [0.3, 0.4) is 0 Å². The molecule has 112 valence electrons. The van der Waals surface area contributed by atoms with Crippen molar-refractivity contribution in [3.8, 4) is 6.07 Å². The maximum absolute atomic E-state index is 12.0. The molecule has 1 saturated heterocycles. The highest BCUT2D eigenvalue weighted by molar-refractivity contribution is 5.93. The van der Waals surface area contributed by atoms with Crippen molar-refractivity contribution < 1.29 is 14.3 Å². The predicted octanol–water partition coefficient (Wildman–Crippen LogP) is 1.89. The first-order chi connectivity index (χ1) is 9.15. The monoisotopic (exact) mass is 280 g/mol. The Labute approximate surface area is 121 Å². The molecule has 0 aliphatic carbocycles. The zero-order valence-corrected chi connectivity index (χ0v) is 13.0. The van der Waals surface area contributed by atoms with E-state index in [1.54, 1.807) is 26.8 Å². The second-order valence-electron chi connectivity index (χ2n) is 6.42. The smallest absolute Gasteiger partial charge is 0.349 e. The van der Waals surface area contributed by atoms with Gasteiger partial charge < -0.3 is 9.47 Å². The van der Waals surface area contributed by atoms with Crippen LogP contribution in [0.2, 0.25) is 0 Å². The van der Waals surface area contributed by atoms with Crippen molar-refractivity contribution in [2.24, 2.45) is 0 Å². The topological polar surface area (TPSA) is 62.6 Å². The lowest BCUT2D eigenvalue weighted by Crippen LogP contribution is -2.49. The Bertz CT molecular complexity index is 421. The Morgan fingerprint density at radius 2 is 1.80 bits per heavy atom. The van der Waals surface area contributed by atoms with Gasteiger partial charge in [0, 0.05) is 18.6 Å². The van der Waals surface area contributed by atoms with Crippen LogP contribution in [0.5, 0.6) is 0 Å². The van der Waals surface area contributed by atoms with Gasteiger partial charge in [0.2, 0.25) is 0 Å². The number of nitriles is 1. The van der Waals surface area contributed by atoms with Gasteiger partial charge in [-0.1, -0.05) is 0 Å². The standard InChI is InChI=1S/C15H24N2O3/c1-14(2,3)20-13(18)12(11-16)10-15(4,5)17-6-8-19-9-7-17/h10H,6-9H2,1-5H3. The maximum atomic E-state index is 12.0. The van der Waals surface area contributed by atoms with Crippen molar-refractivity contribution >= 4 is 5.97 Å². The molecule has 20 heavy (non-hydrogen) atoms. The summed E-state index contributed by atoms with van der Waals surface area (Å²) >= 11 is 0. The summed E-state index contributed by atoms with van der Waals surface area (Å²) in [5.41, 5.74) is -0.932. The minimum atomic E-state index is -0.601. The van der Waals surface area contributed by atoms with Gasteiger partial charge in [-0.25, -0.2) is 4.79 Å². The Balaban J connectivity index is 2.86. The van der Waals surface area contributed by atoms with Crippen molar-refractivity contribution in [3.63, 3.8) is 0 Å². The molecule has 5 heteroatoms. The van der Waals surface area contributed by atoms with Gasteiger partial charge in [0.15, 0.2) is 0 Å². The molecule has 0 atom stereocenters. The molecular weight excluding hydrogens is 256 g/mol. The molecule has 0 N–H and O–H groups in total. The number of carbonyl (C=O) groups excluding carboxylic acids is 1. The molecule has 5 nitrogen and oxygen atoms in total. The molecule has 0 amide bonds. The molecular formula is C15H24N2O3. The molecule has 0 bridgehead atoms. The van der Waals surface area contributed by atoms with Gasteiger partial charge >= 0.3 is 5.97 Å². The van der Waals surface area contributed by atoms with Crippen LogP contribution in [0.25, 0.3) is 0 Å². The number of esters is 1. The minimum absolute atomic E-state index is 0.0522. The second kappa shape index (κ2) is 6.38. The van der Waals surface area contributed by atoms with Crippen LogP contribution >= 0.6 is 0 Å². The van der Waals surface area contributed by atoms with E-state index in [-0.39, 0.29) is 11.1 Å². The van der Waals surface area contributed by atoms with Gasteiger partial charge in [0.25, 0.3) is 0 Å². The zero-order chi connectivity index (χ0) is 15.4. The SMILES string of the molecule is CC(C)(C)OC(=O)C(C#N)=CC(C)(C)N1CCOCC1. The lowest BCUT2D eigenvalue weighted by Gasteiger charge is -2.39. The summed E-state index contributed by atoms with van der Waals surface area (Å²) in [5, 5.41) is 9.19. The van der Waals surface area contributed by atoms with Crippen molar-refractivity contribution in [2.45, 2.75) is 45.8 Å². The van der Waals surface area contributed by atoms with Crippen molar-refractivity contribution in [1.29, 1.82) is 5.26 Å². The molecule has 0 aromatic carbocycles. The molecule has 1 fully saturated rings. The van der Waals surface area contributed by atoms with Gasteiger partial charge in [-0.2, -0.15) is 5.26 Å². The lowest BCUT2D eigenvalue weighted by atomic mass is 9.98. The largest absolute Gasteiger partial charge is 0.456 e. The van der Waals surface area contributed by atoms with Gasteiger partial charge in [-0.15, -0.1) is 0 Å². The molecule has 0 spiro atoms. The summed E-state index contributed by atoms with van der Waals surface area (Å²) < 4.78 is 10.6. The third-order valence-electron chi connectivity index (χ3n) is 3.06. The van der Waals surface area contributed by atoms with E-state index in [4.69, 9.17) is 9.47 Å². The molecule has 0 unspecified atom stereocenters. The third kappa shape index (κ3) is 4.95. The van der Waals surface area contributed by atoms with Crippen LogP contribution in [0.4, 0.5) is 0 Å². The fourth-order valence-electron chi connectivity index (χ4n) is 2.05. The molecule has 1 heterocycles. The molecule has 1 aliphatic heterocycles. The van der Waals surface area contributed by atoms with Crippen LogP contribution in [-0.4, -0.2) is 48.3 Å². The number of hydrogen-bond donors (Lipinski definition) is 0. The van der Waals surface area contributed by atoms with Crippen LogP contribution < -0.4 is 0 Å². The highest BCUT2D eigenvalue weighted by atomic mass is 16.6. The average Bonchev–Trinajstić information content (AvgIpc) is 2.35. The zero-order valence-electron chi connectivity index (χ0n) is 13.0. The molecule has 0 radical (unpaired) electrons. The highest BCUT2D eigenvalue weighted by Crippen LogP contribution is 2.21. The third-order valence-corrected chi connectivity index (χ3v) is 3.06. The fourth-order valence-corrected chi connectivity index (χ4v) is 2.05. The van der Waals surface area contributed by atoms with E-state index in [2.05, 4.69) is 4.90 Å². The molecule has 1 aliphatic rings. The molecule has 1 rings (SSSR count). The quantitative estimate of drug-likeness (QED) is 0.449. The number of carbonyl (C=O) groups is 1. The van der Waals surface area contributed by atoms with Crippen molar-refractivity contribution in [2.75, 3.05) is 26.3 Å². The highest BCUT2D eigenvalue weighted by Gasteiger charge is 2.29. The van der Waals surface area contributed by atoms with Gasteiger partial charge in [0.1, 0.15) is 17.2 Å². The summed E-state index contributed by atoms with van der Waals surface area (Å²) in [7, 11) is 0. The summed E-state index contributed by atoms with van der Waals surface area (Å²) in [6.07, 6.45) is 1.69. The van der Waals surface area contributed by atoms with E-state index in [0.717, 1.165) is 13.1 Å². The van der Waals surface area contributed by atoms with E-state index in [9.17, 15) is 10.1 Å². The first kappa shape index (κ1) is 16.7. The van der Waals surface area contributed by atoms with E-state index >= 15 is 0 Å². The van der Waals surface area contributed by atoms with Crippen LogP contribution in [0, 0.1) is 11.3 Å². The average molecular weight is 280 g/mol. The van der Waals surface area contributed by atoms with E-state index in [0.29, 0.717) is 13.2 Å². The maximum Gasteiger partial charge on any atom is 0.349 e. The Kier molecular flexibility index (Phi) is 5.32. The Morgan fingerprint density at radius 3 is 2.25 bits per heavy atom. The number of nitrogens with zero attached hydrogens (tertiary/aromatic N) is 2. The summed E-state index contributed by atoms with van der Waals surface area (Å²) in [6.45, 7) is 12.2. The predicted molar refractivity (Wildman–Crippen MR) is 76.0 cm³/mol. The van der Waals surface area contributed by atoms with Crippen LogP contribution in [-0.2, 0) is 14.3 Å². The van der Waals surface area contributed by atoms with Gasteiger partial charge in [-0.3, -0.25) is 4.90 Å². The van der Waals surface area contributed by atoms with Crippen LogP contribution in [0.1, 0.15) is 34.6 Å². The van der Waals surface area contributed by atoms with E-state index < -0.39 is 11.6 Å². The normalized spacial score (nSPS) is 18.5. The van der Waals surface area contributed by atoms with Crippen molar-refractivity contribution in [1.82, 2.24) is 4.90 Å². The minimum Gasteiger partial charge on any atom is -0.456 e. The summed E-state index contributed by atoms with van der Waals surface area (Å²) in [5.74, 6) is -0.568. The number of rotatable bonds is 3. The van der Waals surface area contributed by atoms with Crippen LogP contribution in [0.15, 0.2) is 11.6 Å². The lowest BCUT2D eigenvalue weighted by molar-refractivity contribution is -0.149. The molecule has 0 aromatic heterocycles. The first-order valence-corrected chi connectivity index (χ1v) is 6.85. The van der Waals surface area contributed by atoms with Gasteiger partial charge in [-0.05, 0) is 40.7 Å². The summed E-state index contributed by atoms with van der Waals surface area (Å²) in [6, 6.07) is 1.95. The number of morpholine rings is 1. The number of ether oxygens (including phenoxy) is 2. The van der Waals surface area contributed by atoms with Gasteiger partial charge in [0.05, 0.1) is 13.2 Å². The Morgan fingerprint density at radius 1 is 1.25 bits per heavy atom. The first-order valence-electron chi connectivity index (χ1n) is 6.85. The molecule has 0 aromatic rings. The fraction of sp³-hybridized carbons (Fsp3) is 0.733.